The molecule has 1 aliphatic carbocycles. The van der Waals surface area contributed by atoms with Crippen LogP contribution < -0.4 is 0 Å². The van der Waals surface area contributed by atoms with Gasteiger partial charge in [-0.05, 0) is 30.5 Å². The number of hydrogen-bond acceptors (Lipinski definition) is 0. The molecule has 13 heavy (non-hydrogen) atoms. The second-order valence-electron chi connectivity index (χ2n) is 3.64. The van der Waals surface area contributed by atoms with Gasteiger partial charge in [-0.25, -0.2) is 0 Å². The van der Waals surface area contributed by atoms with Gasteiger partial charge < -0.3 is 0 Å². The van der Waals surface area contributed by atoms with E-state index in [4.69, 9.17) is 0 Å². The Labute approximate surface area is 79.6 Å². The van der Waals surface area contributed by atoms with Crippen molar-refractivity contribution in [1.82, 2.24) is 0 Å². The van der Waals surface area contributed by atoms with Gasteiger partial charge in [0.2, 0.25) is 0 Å². The highest BCUT2D eigenvalue weighted by Gasteiger charge is 2.06. The number of aryl methyl sites for hydroxylation is 2. The molecule has 0 heteroatoms. The molecule has 1 aromatic rings. The van der Waals surface area contributed by atoms with E-state index in [1.807, 2.05) is 0 Å². The van der Waals surface area contributed by atoms with Crippen LogP contribution in [-0.4, -0.2) is 0 Å². The van der Waals surface area contributed by atoms with Gasteiger partial charge in [0.25, 0.3) is 0 Å². The number of hydrogen-bond donors (Lipinski definition) is 0. The summed E-state index contributed by atoms with van der Waals surface area (Å²) >= 11 is 0. The summed E-state index contributed by atoms with van der Waals surface area (Å²) in [4.78, 5) is 0. The molecule has 2 rings (SSSR count). The molecule has 66 valence electrons. The Morgan fingerprint density at radius 3 is 2.23 bits per heavy atom. The van der Waals surface area contributed by atoms with Crippen molar-refractivity contribution in [3.63, 3.8) is 0 Å². The lowest BCUT2D eigenvalue weighted by atomic mass is 9.97. The Balaban J connectivity index is 2.36. The van der Waals surface area contributed by atoms with Crippen LogP contribution in [0.1, 0.15) is 22.6 Å². The largest absolute Gasteiger partial charge is 0.0732 e. The van der Waals surface area contributed by atoms with Gasteiger partial charge in [0.05, 0.1) is 0 Å². The zero-order valence-corrected chi connectivity index (χ0v) is 8.12. The summed E-state index contributed by atoms with van der Waals surface area (Å²) in [5.41, 5.74) is 4.15. The maximum Gasteiger partial charge on any atom is 0.0204 e. The van der Waals surface area contributed by atoms with E-state index in [0.717, 1.165) is 0 Å². The van der Waals surface area contributed by atoms with Gasteiger partial charge in [-0.1, -0.05) is 42.5 Å². The molecule has 0 nitrogen and oxygen atoms in total. The highest BCUT2D eigenvalue weighted by Crippen LogP contribution is 2.24. The minimum Gasteiger partial charge on any atom is -0.0732 e. The Morgan fingerprint density at radius 2 is 1.62 bits per heavy atom. The first-order chi connectivity index (χ1) is 6.27. The maximum absolute atomic E-state index is 2.28. The summed E-state index contributed by atoms with van der Waals surface area (Å²) in [5.74, 6) is 0.499. The molecule has 0 radical (unpaired) electrons. The zero-order chi connectivity index (χ0) is 9.26. The van der Waals surface area contributed by atoms with Gasteiger partial charge in [0.1, 0.15) is 0 Å². The van der Waals surface area contributed by atoms with Gasteiger partial charge in [-0.15, -0.1) is 0 Å². The average molecular weight is 170 g/mol. The van der Waals surface area contributed by atoms with E-state index in [0.29, 0.717) is 5.92 Å². The summed E-state index contributed by atoms with van der Waals surface area (Å²) in [6.45, 7) is 4.32. The molecule has 0 N–H and O–H groups in total. The summed E-state index contributed by atoms with van der Waals surface area (Å²) in [6.07, 6.45) is 8.67. The van der Waals surface area contributed by atoms with Gasteiger partial charge in [0.15, 0.2) is 0 Å². The quantitative estimate of drug-likeness (QED) is 0.605. The minimum absolute atomic E-state index is 0.499. The Kier molecular flexibility index (Phi) is 2.05. The lowest BCUT2D eigenvalue weighted by molar-refractivity contribution is 1.09. The normalized spacial score (nSPS) is 15.5. The second-order valence-corrected chi connectivity index (χ2v) is 3.64. The fraction of sp³-hybridized carbons (Fsp3) is 0.231. The van der Waals surface area contributed by atoms with Crippen molar-refractivity contribution in [3.05, 3.63) is 59.2 Å². The van der Waals surface area contributed by atoms with Crippen LogP contribution in [-0.2, 0) is 0 Å². The minimum atomic E-state index is 0.499. The van der Waals surface area contributed by atoms with Crippen LogP contribution in [0.5, 0.6) is 0 Å². The van der Waals surface area contributed by atoms with Crippen molar-refractivity contribution in [2.75, 3.05) is 0 Å². The predicted octanol–water partition coefficient (Wildman–Crippen LogP) is 3.51. The van der Waals surface area contributed by atoms with E-state index in [9.17, 15) is 0 Å². The van der Waals surface area contributed by atoms with Crippen molar-refractivity contribution >= 4 is 0 Å². The molecule has 0 saturated carbocycles. The monoisotopic (exact) mass is 170 g/mol. The van der Waals surface area contributed by atoms with Crippen molar-refractivity contribution in [1.29, 1.82) is 0 Å². The van der Waals surface area contributed by atoms with Crippen molar-refractivity contribution in [3.8, 4) is 0 Å². The molecule has 1 aliphatic rings. The van der Waals surface area contributed by atoms with Crippen LogP contribution in [0, 0.1) is 13.8 Å². The first kappa shape index (κ1) is 8.31. The van der Waals surface area contributed by atoms with Crippen LogP contribution in [0.4, 0.5) is 0 Å². The van der Waals surface area contributed by atoms with Crippen LogP contribution in [0.3, 0.4) is 0 Å². The van der Waals surface area contributed by atoms with E-state index in [-0.39, 0.29) is 0 Å². The molecule has 1 aromatic carbocycles. The van der Waals surface area contributed by atoms with E-state index in [1.54, 1.807) is 0 Å². The molecule has 0 fully saturated rings. The molecule has 0 bridgehead atoms. The third kappa shape index (κ3) is 1.57. The zero-order valence-electron chi connectivity index (χ0n) is 8.12. The standard InChI is InChI=1S/C13H14/c1-10-7-8-13(9-11(10)2)12-5-3-4-6-12/h3-9,12H,1-2H3. The first-order valence-corrected chi connectivity index (χ1v) is 4.69. The Bertz CT molecular complexity index is 358. The first-order valence-electron chi connectivity index (χ1n) is 4.69. The molecule has 0 saturated heterocycles. The average Bonchev–Trinajstić information content (AvgIpc) is 2.62. The third-order valence-electron chi connectivity index (χ3n) is 2.66. The van der Waals surface area contributed by atoms with E-state index >= 15 is 0 Å². The lowest BCUT2D eigenvalue weighted by Crippen LogP contribution is -1.91. The number of benzene rings is 1. The molecule has 0 spiro atoms. The highest BCUT2D eigenvalue weighted by atomic mass is 14.1. The third-order valence-corrected chi connectivity index (χ3v) is 2.66. The fourth-order valence-electron chi connectivity index (χ4n) is 1.63. The van der Waals surface area contributed by atoms with E-state index in [2.05, 4.69) is 56.4 Å². The fourth-order valence-corrected chi connectivity index (χ4v) is 1.63. The molecular weight excluding hydrogens is 156 g/mol. The van der Waals surface area contributed by atoms with Crippen LogP contribution in [0.25, 0.3) is 0 Å². The molecule has 0 unspecified atom stereocenters. The smallest absolute Gasteiger partial charge is 0.0204 e. The van der Waals surface area contributed by atoms with Gasteiger partial charge >= 0.3 is 0 Å². The van der Waals surface area contributed by atoms with Crippen LogP contribution in [0.15, 0.2) is 42.5 Å². The van der Waals surface area contributed by atoms with Gasteiger partial charge in [-0.3, -0.25) is 0 Å². The van der Waals surface area contributed by atoms with Crippen LogP contribution >= 0.6 is 0 Å². The second kappa shape index (κ2) is 3.21. The van der Waals surface area contributed by atoms with E-state index < -0.39 is 0 Å². The molecule has 0 aliphatic heterocycles. The highest BCUT2D eigenvalue weighted by molar-refractivity contribution is 5.39. The number of rotatable bonds is 1. The van der Waals surface area contributed by atoms with Crippen molar-refractivity contribution in [2.45, 2.75) is 19.8 Å². The molecule has 0 heterocycles. The molecule has 0 amide bonds. The summed E-state index contributed by atoms with van der Waals surface area (Å²) in [5, 5.41) is 0. The summed E-state index contributed by atoms with van der Waals surface area (Å²) in [6, 6.07) is 6.69. The predicted molar refractivity (Wildman–Crippen MR) is 56.9 cm³/mol. The maximum atomic E-state index is 2.28. The Hall–Kier alpha value is -1.30. The van der Waals surface area contributed by atoms with Crippen molar-refractivity contribution < 1.29 is 0 Å². The Morgan fingerprint density at radius 1 is 0.923 bits per heavy atom. The lowest BCUT2D eigenvalue weighted by Gasteiger charge is -2.08. The molecular formula is C13H14. The molecule has 0 atom stereocenters. The van der Waals surface area contributed by atoms with Crippen molar-refractivity contribution in [2.24, 2.45) is 0 Å². The van der Waals surface area contributed by atoms with Gasteiger partial charge in [0, 0.05) is 5.92 Å². The van der Waals surface area contributed by atoms with Gasteiger partial charge in [-0.2, -0.15) is 0 Å². The number of allylic oxidation sites excluding steroid dienone is 4. The topological polar surface area (TPSA) is 0 Å². The van der Waals surface area contributed by atoms with Crippen LogP contribution in [0.2, 0.25) is 0 Å². The molecule has 0 aromatic heterocycles. The van der Waals surface area contributed by atoms with E-state index in [1.165, 1.54) is 16.7 Å². The summed E-state index contributed by atoms with van der Waals surface area (Å²) in [7, 11) is 0. The SMILES string of the molecule is Cc1ccc(C2C=CC=C2)cc1C. The summed E-state index contributed by atoms with van der Waals surface area (Å²) < 4.78 is 0.